The Morgan fingerprint density at radius 3 is 2.33 bits per heavy atom. The Balaban J connectivity index is 1.54. The molecular weight excluding hydrogens is 444 g/mol. The predicted octanol–water partition coefficient (Wildman–Crippen LogP) is 7.18. The third-order valence-corrected chi connectivity index (χ3v) is 13.7. The van der Waals surface area contributed by atoms with Gasteiger partial charge in [0.15, 0.2) is 6.61 Å². The molecule has 0 bridgehead atoms. The summed E-state index contributed by atoms with van der Waals surface area (Å²) >= 11 is 0. The number of hydrogen-bond donors (Lipinski definition) is 1. The van der Waals surface area contributed by atoms with Crippen molar-refractivity contribution in [2.24, 2.45) is 56.7 Å². The molecule has 0 aromatic rings. The summed E-state index contributed by atoms with van der Waals surface area (Å²) in [5.41, 5.74) is 1.53. The van der Waals surface area contributed by atoms with E-state index in [2.05, 4.69) is 54.0 Å². The number of carbonyl (C=O) groups is 1. The van der Waals surface area contributed by atoms with Crippen molar-refractivity contribution in [2.75, 3.05) is 6.61 Å². The molecule has 1 N–H and O–H groups in total. The Labute approximate surface area is 220 Å². The Kier molecular flexibility index (Phi) is 6.12. The summed E-state index contributed by atoms with van der Waals surface area (Å²) in [6, 6.07) is 0. The van der Waals surface area contributed by atoms with E-state index in [1.165, 1.54) is 31.3 Å². The summed E-state index contributed by atoms with van der Waals surface area (Å²) in [6.07, 6.45) is 16.2. The van der Waals surface area contributed by atoms with Crippen molar-refractivity contribution in [3.8, 4) is 12.3 Å². The largest absolute Gasteiger partial charge is 0.452 e. The van der Waals surface area contributed by atoms with E-state index in [1.54, 1.807) is 0 Å². The number of carbonyl (C=O) groups excluding carboxylic acids is 1. The monoisotopic (exact) mass is 494 g/mol. The molecule has 200 valence electrons. The molecule has 36 heavy (non-hydrogen) atoms. The second kappa shape index (κ2) is 8.36. The molecule has 3 nitrogen and oxygen atoms in total. The van der Waals surface area contributed by atoms with Crippen LogP contribution in [0.1, 0.15) is 106 Å². The van der Waals surface area contributed by atoms with Crippen LogP contribution < -0.4 is 0 Å². The van der Waals surface area contributed by atoms with E-state index in [9.17, 15) is 9.90 Å². The maximum Gasteiger partial charge on any atom is 0.313 e. The molecule has 0 aliphatic heterocycles. The third-order valence-electron chi connectivity index (χ3n) is 13.7. The van der Waals surface area contributed by atoms with Crippen LogP contribution in [-0.4, -0.2) is 23.8 Å². The van der Waals surface area contributed by atoms with Gasteiger partial charge in [0.1, 0.15) is 0 Å². The Hall–Kier alpha value is -1.27. The number of rotatable bonds is 3. The second-order valence-electron chi connectivity index (χ2n) is 15.0. The minimum atomic E-state index is -0.397. The molecule has 5 aliphatic rings. The Bertz CT molecular complexity index is 974. The summed E-state index contributed by atoms with van der Waals surface area (Å²) in [5, 5.41) is 11.0. The van der Waals surface area contributed by atoms with Gasteiger partial charge in [-0.25, -0.2) is 0 Å². The smallest absolute Gasteiger partial charge is 0.313 e. The number of aliphatic hydroxyl groups excluding tert-OH is 1. The highest BCUT2D eigenvalue weighted by Crippen LogP contribution is 2.77. The topological polar surface area (TPSA) is 46.5 Å². The molecule has 5 aliphatic carbocycles. The number of allylic oxidation sites excluding steroid dienone is 1. The first-order valence-electron chi connectivity index (χ1n) is 14.7. The zero-order valence-corrected chi connectivity index (χ0v) is 23.8. The average Bonchev–Trinajstić information content (AvgIpc) is 3.22. The normalized spacial score (nSPS) is 51.1. The van der Waals surface area contributed by atoms with Gasteiger partial charge >= 0.3 is 5.97 Å². The van der Waals surface area contributed by atoms with Gasteiger partial charge in [-0.2, -0.15) is 0 Å². The van der Waals surface area contributed by atoms with E-state index in [1.807, 2.05) is 0 Å². The molecule has 3 heteroatoms. The molecule has 0 heterocycles. The fourth-order valence-corrected chi connectivity index (χ4v) is 11.7. The molecule has 0 amide bonds. The summed E-state index contributed by atoms with van der Waals surface area (Å²) in [4.78, 5) is 13.6. The lowest BCUT2D eigenvalue weighted by Gasteiger charge is -2.72. The van der Waals surface area contributed by atoms with Crippen molar-refractivity contribution in [2.45, 2.75) is 112 Å². The second-order valence-corrected chi connectivity index (χ2v) is 15.0. The fraction of sp³-hybridized carbons (Fsp3) is 0.848. The van der Waals surface area contributed by atoms with Crippen molar-refractivity contribution in [1.29, 1.82) is 0 Å². The minimum absolute atomic E-state index is 0.0227. The van der Waals surface area contributed by atoms with Gasteiger partial charge < -0.3 is 9.84 Å². The molecule has 5 saturated carbocycles. The van der Waals surface area contributed by atoms with Crippen LogP contribution in [0.15, 0.2) is 12.2 Å². The lowest BCUT2D eigenvalue weighted by Crippen LogP contribution is -2.67. The first-order chi connectivity index (χ1) is 16.8. The van der Waals surface area contributed by atoms with Crippen molar-refractivity contribution >= 4 is 5.97 Å². The lowest BCUT2D eigenvalue weighted by atomic mass is 9.32. The lowest BCUT2D eigenvalue weighted by molar-refractivity contribution is -0.248. The number of fused-ring (bicyclic) bond motifs is 7. The first kappa shape index (κ1) is 26.3. The molecule has 0 unspecified atom stereocenters. The number of esters is 1. The number of aliphatic hydroxyl groups is 1. The maximum atomic E-state index is 13.6. The summed E-state index contributed by atoms with van der Waals surface area (Å²) in [7, 11) is 0. The van der Waals surface area contributed by atoms with Crippen LogP contribution in [0.5, 0.6) is 0 Å². The summed E-state index contributed by atoms with van der Waals surface area (Å²) in [6.45, 7) is 19.1. The Morgan fingerprint density at radius 2 is 1.67 bits per heavy atom. The highest BCUT2D eigenvalue weighted by Gasteiger charge is 2.72. The van der Waals surface area contributed by atoms with Crippen LogP contribution in [-0.2, 0) is 9.53 Å². The molecule has 0 radical (unpaired) electrons. The number of hydrogen-bond acceptors (Lipinski definition) is 3. The van der Waals surface area contributed by atoms with Crippen LogP contribution in [0.4, 0.5) is 0 Å². The summed E-state index contributed by atoms with van der Waals surface area (Å²) < 4.78 is 5.70. The zero-order valence-electron chi connectivity index (χ0n) is 23.8. The van der Waals surface area contributed by atoms with Gasteiger partial charge in [-0.05, 0) is 122 Å². The van der Waals surface area contributed by atoms with Crippen LogP contribution in [0.2, 0.25) is 0 Å². The summed E-state index contributed by atoms with van der Waals surface area (Å²) in [5.74, 6) is 4.93. The fourth-order valence-electron chi connectivity index (χ4n) is 11.7. The van der Waals surface area contributed by atoms with Gasteiger partial charge in [0.05, 0.1) is 11.5 Å². The van der Waals surface area contributed by atoms with Crippen molar-refractivity contribution < 1.29 is 14.6 Å². The maximum absolute atomic E-state index is 13.6. The Morgan fingerprint density at radius 1 is 0.944 bits per heavy atom. The molecule has 5 rings (SSSR count). The molecule has 10 atom stereocenters. The van der Waals surface area contributed by atoms with E-state index >= 15 is 0 Å². The van der Waals surface area contributed by atoms with E-state index in [0.29, 0.717) is 29.6 Å². The zero-order chi connectivity index (χ0) is 26.3. The molecule has 5 fully saturated rings. The van der Waals surface area contributed by atoms with Gasteiger partial charge in [0.25, 0.3) is 0 Å². The van der Waals surface area contributed by atoms with Crippen LogP contribution in [0.25, 0.3) is 0 Å². The number of ether oxygens (including phenoxy) is 1. The van der Waals surface area contributed by atoms with Gasteiger partial charge in [0, 0.05) is 0 Å². The molecule has 0 saturated heterocycles. The average molecular weight is 495 g/mol. The van der Waals surface area contributed by atoms with Gasteiger partial charge in [-0.1, -0.05) is 52.7 Å². The van der Waals surface area contributed by atoms with Crippen molar-refractivity contribution in [1.82, 2.24) is 0 Å². The molecule has 0 aromatic carbocycles. The highest BCUT2D eigenvalue weighted by molar-refractivity contribution is 5.78. The molecular formula is C33H50O3. The number of terminal acetylenes is 1. The third kappa shape index (κ3) is 3.18. The van der Waals surface area contributed by atoms with E-state index in [0.717, 1.165) is 38.5 Å². The molecule has 0 spiro atoms. The van der Waals surface area contributed by atoms with Crippen molar-refractivity contribution in [3.05, 3.63) is 12.2 Å². The van der Waals surface area contributed by atoms with Gasteiger partial charge in [0.2, 0.25) is 0 Å². The SMILES string of the molecule is C#CCOC(=O)[C@]12CC[C@@H](C(=C)C)[C@@H]1[C@H]1CC[C@@H]3[C@@]4(C)CC[C@H](O)C(C)(C)[C@@H]4CC[C@@]3(C)[C@]1(C)CC2. The van der Waals surface area contributed by atoms with Gasteiger partial charge in [-0.15, -0.1) is 6.42 Å². The minimum Gasteiger partial charge on any atom is -0.452 e. The standard InChI is InChI=1S/C33H50O3/c1-9-20-36-28(35)33-17-12-22(21(2)3)27(33)23-10-11-25-30(6)15-14-26(34)29(4,5)24(30)13-16-32(25,8)31(23,7)18-19-33/h1,22-27,34H,2,10-20H2,3-8H3/t22-,23+,24-,25+,26-,27+,30-,31+,32+,33-/m0/s1. The van der Waals surface area contributed by atoms with Gasteiger partial charge in [-0.3, -0.25) is 4.79 Å². The van der Waals surface area contributed by atoms with E-state index in [4.69, 9.17) is 11.2 Å². The van der Waals surface area contributed by atoms with Crippen LogP contribution >= 0.6 is 0 Å². The quantitative estimate of drug-likeness (QED) is 0.257. The highest BCUT2D eigenvalue weighted by atomic mass is 16.5. The van der Waals surface area contributed by atoms with Crippen LogP contribution in [0, 0.1) is 69.0 Å². The van der Waals surface area contributed by atoms with Crippen LogP contribution in [0.3, 0.4) is 0 Å². The predicted molar refractivity (Wildman–Crippen MR) is 145 cm³/mol. The van der Waals surface area contributed by atoms with E-state index in [-0.39, 0.29) is 40.3 Å². The first-order valence-corrected chi connectivity index (χ1v) is 14.7. The molecule has 0 aromatic heterocycles. The van der Waals surface area contributed by atoms with E-state index < -0.39 is 5.41 Å². The van der Waals surface area contributed by atoms with Crippen molar-refractivity contribution in [3.63, 3.8) is 0 Å².